The van der Waals surface area contributed by atoms with Crippen LogP contribution in [0.2, 0.25) is 0 Å². The number of aryl methyl sites for hydroxylation is 2. The molecule has 0 saturated carbocycles. The molecule has 3 aromatic rings. The predicted molar refractivity (Wildman–Crippen MR) is 86.3 cm³/mol. The smallest absolute Gasteiger partial charge is 0.261 e. The average molecular weight is 312 g/mol. The summed E-state index contributed by atoms with van der Waals surface area (Å²) in [5.74, 6) is 0.723. The summed E-state index contributed by atoms with van der Waals surface area (Å²) in [6.45, 7) is 4.46. The monoisotopic (exact) mass is 312 g/mol. The molecule has 0 spiro atoms. The summed E-state index contributed by atoms with van der Waals surface area (Å²) in [6.07, 6.45) is 6.96. The van der Waals surface area contributed by atoms with Crippen LogP contribution in [0.4, 0.5) is 0 Å². The molecular weight excluding hydrogens is 296 g/mol. The Bertz CT molecular complexity index is 773. The lowest BCUT2D eigenvalue weighted by Crippen LogP contribution is -2.22. The molecule has 3 rings (SSSR count). The molecule has 0 radical (unpaired) electrons. The second-order valence-corrected chi connectivity index (χ2v) is 6.24. The summed E-state index contributed by atoms with van der Waals surface area (Å²) in [5, 5.41) is 2.96. The molecule has 0 aliphatic heterocycles. The van der Waals surface area contributed by atoms with Gasteiger partial charge in [-0.1, -0.05) is 6.07 Å². The van der Waals surface area contributed by atoms with Gasteiger partial charge in [-0.05, 0) is 31.5 Å². The average Bonchev–Trinajstić information content (AvgIpc) is 3.16. The normalized spacial score (nSPS) is 10.6. The minimum atomic E-state index is -0.0540. The Morgan fingerprint density at radius 1 is 1.36 bits per heavy atom. The molecule has 0 aromatic carbocycles. The van der Waals surface area contributed by atoms with Crippen molar-refractivity contribution >= 4 is 17.2 Å². The summed E-state index contributed by atoms with van der Waals surface area (Å²) in [6, 6.07) is 5.74. The van der Waals surface area contributed by atoms with Gasteiger partial charge in [0.2, 0.25) is 0 Å². The van der Waals surface area contributed by atoms with Gasteiger partial charge in [0.15, 0.2) is 0 Å². The van der Waals surface area contributed by atoms with Crippen LogP contribution in [0.1, 0.15) is 25.7 Å². The molecular formula is C16H16N4OS. The number of nitrogens with zero attached hydrogens (tertiary/aromatic N) is 3. The quantitative estimate of drug-likeness (QED) is 0.806. The van der Waals surface area contributed by atoms with Crippen molar-refractivity contribution in [1.82, 2.24) is 19.9 Å². The summed E-state index contributed by atoms with van der Waals surface area (Å²) < 4.78 is 1.83. The summed E-state index contributed by atoms with van der Waals surface area (Å²) in [4.78, 5) is 22.5. The van der Waals surface area contributed by atoms with Crippen LogP contribution in [0.25, 0.3) is 5.82 Å². The first-order valence-electron chi connectivity index (χ1n) is 6.92. The van der Waals surface area contributed by atoms with Gasteiger partial charge in [-0.3, -0.25) is 9.36 Å². The number of hydrogen-bond acceptors (Lipinski definition) is 4. The first kappa shape index (κ1) is 14.5. The third-order valence-corrected chi connectivity index (χ3v) is 4.60. The Labute approximate surface area is 132 Å². The van der Waals surface area contributed by atoms with Crippen molar-refractivity contribution in [2.45, 2.75) is 20.4 Å². The van der Waals surface area contributed by atoms with E-state index in [-0.39, 0.29) is 5.91 Å². The number of carbonyl (C=O) groups excluding carboxylic acids is 1. The van der Waals surface area contributed by atoms with Crippen LogP contribution in [-0.4, -0.2) is 20.4 Å². The Balaban J connectivity index is 1.76. The molecule has 5 nitrogen and oxygen atoms in total. The Kier molecular flexibility index (Phi) is 4.02. The van der Waals surface area contributed by atoms with Crippen molar-refractivity contribution in [3.8, 4) is 5.82 Å². The van der Waals surface area contributed by atoms with Crippen LogP contribution in [-0.2, 0) is 6.54 Å². The number of nitrogens with one attached hydrogen (secondary N) is 1. The van der Waals surface area contributed by atoms with E-state index in [0.29, 0.717) is 6.54 Å². The lowest BCUT2D eigenvalue weighted by Gasteiger charge is -2.09. The number of amides is 1. The summed E-state index contributed by atoms with van der Waals surface area (Å²) in [7, 11) is 0. The fourth-order valence-corrected chi connectivity index (χ4v) is 3.08. The second-order valence-electron chi connectivity index (χ2n) is 4.99. The number of rotatable bonds is 4. The lowest BCUT2D eigenvalue weighted by molar-refractivity contribution is 0.0955. The van der Waals surface area contributed by atoms with E-state index in [1.54, 1.807) is 18.7 Å². The zero-order valence-electron chi connectivity index (χ0n) is 12.4. The molecule has 6 heteroatoms. The number of carbonyl (C=O) groups is 1. The number of hydrogen-bond donors (Lipinski definition) is 1. The minimum Gasteiger partial charge on any atom is -0.347 e. The van der Waals surface area contributed by atoms with Gasteiger partial charge in [-0.2, -0.15) is 0 Å². The SMILES string of the molecule is Cc1cc(C(=O)NCc2cccnc2-n2ccnc2)sc1C. The van der Waals surface area contributed by atoms with E-state index in [4.69, 9.17) is 0 Å². The first-order chi connectivity index (χ1) is 10.6. The van der Waals surface area contributed by atoms with E-state index in [1.807, 2.05) is 42.8 Å². The number of pyridine rings is 1. The van der Waals surface area contributed by atoms with Crippen LogP contribution < -0.4 is 5.32 Å². The highest BCUT2D eigenvalue weighted by molar-refractivity contribution is 7.14. The van der Waals surface area contributed by atoms with Gasteiger partial charge in [0, 0.05) is 35.6 Å². The van der Waals surface area contributed by atoms with Crippen molar-refractivity contribution in [2.24, 2.45) is 0 Å². The molecule has 0 aliphatic carbocycles. The molecule has 22 heavy (non-hydrogen) atoms. The second kappa shape index (κ2) is 6.11. The van der Waals surface area contributed by atoms with E-state index >= 15 is 0 Å². The molecule has 0 bridgehead atoms. The predicted octanol–water partition coefficient (Wildman–Crippen LogP) is 2.88. The lowest BCUT2D eigenvalue weighted by atomic mass is 10.2. The number of aromatic nitrogens is 3. The molecule has 0 fully saturated rings. The Morgan fingerprint density at radius 3 is 2.91 bits per heavy atom. The Hall–Kier alpha value is -2.47. The zero-order chi connectivity index (χ0) is 15.5. The molecule has 0 saturated heterocycles. The van der Waals surface area contributed by atoms with Gasteiger partial charge >= 0.3 is 0 Å². The van der Waals surface area contributed by atoms with Crippen LogP contribution >= 0.6 is 11.3 Å². The maximum Gasteiger partial charge on any atom is 0.261 e. The molecule has 0 aliphatic rings. The van der Waals surface area contributed by atoms with E-state index in [2.05, 4.69) is 15.3 Å². The van der Waals surface area contributed by atoms with Crippen molar-refractivity contribution in [2.75, 3.05) is 0 Å². The maximum atomic E-state index is 12.2. The molecule has 3 heterocycles. The topological polar surface area (TPSA) is 59.8 Å². The number of imidazole rings is 1. The van der Waals surface area contributed by atoms with Crippen LogP contribution in [0, 0.1) is 13.8 Å². The van der Waals surface area contributed by atoms with E-state index < -0.39 is 0 Å². The molecule has 1 amide bonds. The summed E-state index contributed by atoms with van der Waals surface area (Å²) in [5.41, 5.74) is 2.09. The van der Waals surface area contributed by atoms with Crippen LogP contribution in [0.15, 0.2) is 43.1 Å². The molecule has 3 aromatic heterocycles. The number of thiophene rings is 1. The van der Waals surface area contributed by atoms with E-state index in [1.165, 1.54) is 16.2 Å². The molecule has 1 N–H and O–H groups in total. The minimum absolute atomic E-state index is 0.0540. The van der Waals surface area contributed by atoms with Crippen LogP contribution in [0.5, 0.6) is 0 Å². The third kappa shape index (κ3) is 2.92. The zero-order valence-corrected chi connectivity index (χ0v) is 13.2. The largest absolute Gasteiger partial charge is 0.347 e. The van der Waals surface area contributed by atoms with Crippen LogP contribution in [0.3, 0.4) is 0 Å². The fraction of sp³-hybridized carbons (Fsp3) is 0.188. The van der Waals surface area contributed by atoms with Gasteiger partial charge in [-0.25, -0.2) is 9.97 Å². The van der Waals surface area contributed by atoms with Crippen molar-refractivity contribution in [3.63, 3.8) is 0 Å². The highest BCUT2D eigenvalue weighted by Crippen LogP contribution is 2.20. The van der Waals surface area contributed by atoms with Crippen molar-refractivity contribution in [1.29, 1.82) is 0 Å². The van der Waals surface area contributed by atoms with Crippen molar-refractivity contribution < 1.29 is 4.79 Å². The standard InChI is InChI=1S/C16H16N4OS/c1-11-8-14(22-12(11)2)16(21)19-9-13-4-3-5-18-15(13)20-7-6-17-10-20/h3-8,10H,9H2,1-2H3,(H,19,21). The third-order valence-electron chi connectivity index (χ3n) is 3.45. The molecule has 0 atom stereocenters. The maximum absolute atomic E-state index is 12.2. The Morgan fingerprint density at radius 2 is 2.23 bits per heavy atom. The highest BCUT2D eigenvalue weighted by atomic mass is 32.1. The fourth-order valence-electron chi connectivity index (χ4n) is 2.13. The van der Waals surface area contributed by atoms with Crippen molar-refractivity contribution in [3.05, 3.63) is 64.0 Å². The van der Waals surface area contributed by atoms with E-state index in [0.717, 1.165) is 21.8 Å². The van der Waals surface area contributed by atoms with Gasteiger partial charge in [0.1, 0.15) is 12.1 Å². The van der Waals surface area contributed by atoms with Gasteiger partial charge in [-0.15, -0.1) is 11.3 Å². The van der Waals surface area contributed by atoms with Gasteiger partial charge in [0.05, 0.1) is 4.88 Å². The van der Waals surface area contributed by atoms with Gasteiger partial charge < -0.3 is 5.32 Å². The first-order valence-corrected chi connectivity index (χ1v) is 7.74. The molecule has 112 valence electrons. The highest BCUT2D eigenvalue weighted by Gasteiger charge is 2.12. The van der Waals surface area contributed by atoms with E-state index in [9.17, 15) is 4.79 Å². The molecule has 0 unspecified atom stereocenters. The van der Waals surface area contributed by atoms with Gasteiger partial charge in [0.25, 0.3) is 5.91 Å². The summed E-state index contributed by atoms with van der Waals surface area (Å²) >= 11 is 1.52.